The van der Waals surface area contributed by atoms with Gasteiger partial charge in [0, 0.05) is 37.8 Å². The number of ether oxygens (including phenoxy) is 3. The third-order valence-electron chi connectivity index (χ3n) is 2.60. The van der Waals surface area contributed by atoms with Crippen molar-refractivity contribution in [2.24, 2.45) is 5.41 Å². The molecule has 0 aliphatic carbocycles. The van der Waals surface area contributed by atoms with Gasteiger partial charge in [0.25, 0.3) is 0 Å². The third kappa shape index (κ3) is 14.1. The molecule has 0 amide bonds. The summed E-state index contributed by atoms with van der Waals surface area (Å²) >= 11 is 0. The predicted molar refractivity (Wildman–Crippen MR) is 79.7 cm³/mol. The van der Waals surface area contributed by atoms with Crippen LogP contribution in [-0.4, -0.2) is 52.2 Å². The molecule has 0 aliphatic rings. The first-order valence-electron chi connectivity index (χ1n) is 7.16. The van der Waals surface area contributed by atoms with Crippen molar-refractivity contribution in [2.75, 3.05) is 46.7 Å². The van der Waals surface area contributed by atoms with E-state index < -0.39 is 0 Å². The van der Waals surface area contributed by atoms with Crippen molar-refractivity contribution in [2.45, 2.75) is 46.6 Å². The predicted octanol–water partition coefficient (Wildman–Crippen LogP) is 2.47. The maximum absolute atomic E-state index is 5.67. The normalized spacial score (nSPS) is 12.9. The largest absolute Gasteiger partial charge is 0.385 e. The molecule has 0 spiro atoms. The zero-order valence-corrected chi connectivity index (χ0v) is 13.7. The van der Waals surface area contributed by atoms with Crippen LogP contribution in [0.1, 0.15) is 41.0 Å². The van der Waals surface area contributed by atoms with Gasteiger partial charge in [-0.25, -0.2) is 0 Å². The minimum Gasteiger partial charge on any atom is -0.385 e. The molecule has 1 N–H and O–H groups in total. The lowest BCUT2D eigenvalue weighted by Crippen LogP contribution is -2.43. The summed E-state index contributed by atoms with van der Waals surface area (Å²) in [5, 5.41) is 3.51. The summed E-state index contributed by atoms with van der Waals surface area (Å²) in [6.45, 7) is 15.5. The summed E-state index contributed by atoms with van der Waals surface area (Å²) in [5.74, 6) is 0. The molecule has 0 saturated heterocycles. The molecule has 0 atom stereocenters. The molecule has 0 saturated carbocycles. The summed E-state index contributed by atoms with van der Waals surface area (Å²) in [4.78, 5) is 0. The van der Waals surface area contributed by atoms with E-state index in [9.17, 15) is 0 Å². The van der Waals surface area contributed by atoms with E-state index >= 15 is 0 Å². The SMILES string of the molecule is COCCCOCCOCC(C)(C)CNC(C)(C)C. The second kappa shape index (κ2) is 9.70. The Labute approximate surface area is 119 Å². The van der Waals surface area contributed by atoms with Crippen LogP contribution < -0.4 is 5.32 Å². The molecule has 0 aromatic carbocycles. The molecular formula is C15H33NO3. The molecule has 0 heterocycles. The van der Waals surface area contributed by atoms with Crippen molar-refractivity contribution >= 4 is 0 Å². The summed E-state index contributed by atoms with van der Waals surface area (Å²) in [7, 11) is 1.71. The molecule has 0 unspecified atom stereocenters. The monoisotopic (exact) mass is 275 g/mol. The molecule has 0 rings (SSSR count). The van der Waals surface area contributed by atoms with Gasteiger partial charge in [-0.2, -0.15) is 0 Å². The molecule has 0 aliphatic heterocycles. The van der Waals surface area contributed by atoms with Crippen LogP contribution in [0.3, 0.4) is 0 Å². The van der Waals surface area contributed by atoms with Gasteiger partial charge in [-0.05, 0) is 27.2 Å². The summed E-state index contributed by atoms with van der Waals surface area (Å²) in [6, 6.07) is 0. The van der Waals surface area contributed by atoms with Crippen molar-refractivity contribution in [3.8, 4) is 0 Å². The van der Waals surface area contributed by atoms with E-state index in [1.54, 1.807) is 7.11 Å². The van der Waals surface area contributed by atoms with Gasteiger partial charge in [0.2, 0.25) is 0 Å². The van der Waals surface area contributed by atoms with Crippen LogP contribution in [-0.2, 0) is 14.2 Å². The van der Waals surface area contributed by atoms with Crippen LogP contribution in [0.2, 0.25) is 0 Å². The van der Waals surface area contributed by atoms with Crippen LogP contribution >= 0.6 is 0 Å². The zero-order valence-electron chi connectivity index (χ0n) is 13.7. The second-order valence-electron chi connectivity index (χ2n) is 6.78. The number of hydrogen-bond acceptors (Lipinski definition) is 4. The minimum atomic E-state index is 0.142. The van der Waals surface area contributed by atoms with Crippen molar-refractivity contribution in [1.82, 2.24) is 5.32 Å². The molecule has 0 radical (unpaired) electrons. The van der Waals surface area contributed by atoms with E-state index in [0.29, 0.717) is 13.2 Å². The van der Waals surface area contributed by atoms with Crippen LogP contribution in [0.4, 0.5) is 0 Å². The number of rotatable bonds is 11. The summed E-state index contributed by atoms with van der Waals surface area (Å²) in [6.07, 6.45) is 0.942. The lowest BCUT2D eigenvalue weighted by atomic mass is 9.93. The highest BCUT2D eigenvalue weighted by Crippen LogP contribution is 2.15. The van der Waals surface area contributed by atoms with Gasteiger partial charge in [-0.3, -0.25) is 0 Å². The van der Waals surface area contributed by atoms with Crippen molar-refractivity contribution in [3.63, 3.8) is 0 Å². The lowest BCUT2D eigenvalue weighted by Gasteiger charge is -2.30. The van der Waals surface area contributed by atoms with E-state index in [-0.39, 0.29) is 11.0 Å². The molecule has 116 valence electrons. The van der Waals surface area contributed by atoms with Gasteiger partial charge in [0.1, 0.15) is 0 Å². The van der Waals surface area contributed by atoms with Crippen LogP contribution in [0, 0.1) is 5.41 Å². The van der Waals surface area contributed by atoms with Gasteiger partial charge in [0.05, 0.1) is 19.8 Å². The average molecular weight is 275 g/mol. The van der Waals surface area contributed by atoms with E-state index in [4.69, 9.17) is 14.2 Å². The van der Waals surface area contributed by atoms with Gasteiger partial charge in [-0.1, -0.05) is 13.8 Å². The van der Waals surface area contributed by atoms with E-state index in [1.165, 1.54) is 0 Å². The van der Waals surface area contributed by atoms with Gasteiger partial charge in [0.15, 0.2) is 0 Å². The van der Waals surface area contributed by atoms with E-state index in [2.05, 4.69) is 39.9 Å². The first kappa shape index (κ1) is 18.8. The molecule has 0 aromatic heterocycles. The summed E-state index contributed by atoms with van der Waals surface area (Å²) in [5.41, 5.74) is 0.297. The first-order chi connectivity index (χ1) is 8.77. The van der Waals surface area contributed by atoms with Crippen molar-refractivity contribution < 1.29 is 14.2 Å². The number of nitrogens with one attached hydrogen (secondary N) is 1. The van der Waals surface area contributed by atoms with Crippen molar-refractivity contribution in [3.05, 3.63) is 0 Å². The Kier molecular flexibility index (Phi) is 9.62. The van der Waals surface area contributed by atoms with Crippen molar-refractivity contribution in [1.29, 1.82) is 0 Å². The van der Waals surface area contributed by atoms with E-state index in [0.717, 1.165) is 32.8 Å². The van der Waals surface area contributed by atoms with E-state index in [1.807, 2.05) is 0 Å². The Morgan fingerprint density at radius 3 is 2.05 bits per heavy atom. The van der Waals surface area contributed by atoms with Crippen LogP contribution in [0.5, 0.6) is 0 Å². The smallest absolute Gasteiger partial charge is 0.0700 e. The average Bonchev–Trinajstić information content (AvgIpc) is 2.29. The highest BCUT2D eigenvalue weighted by molar-refractivity contribution is 4.77. The summed E-state index contributed by atoms with van der Waals surface area (Å²) < 4.78 is 16.1. The maximum atomic E-state index is 5.67. The Morgan fingerprint density at radius 2 is 1.47 bits per heavy atom. The highest BCUT2D eigenvalue weighted by atomic mass is 16.5. The Hall–Kier alpha value is -0.160. The van der Waals surface area contributed by atoms with Crippen LogP contribution in [0.15, 0.2) is 0 Å². The quantitative estimate of drug-likeness (QED) is 0.588. The molecule has 4 heteroatoms. The lowest BCUT2D eigenvalue weighted by molar-refractivity contribution is 0.00989. The number of methoxy groups -OCH3 is 1. The maximum Gasteiger partial charge on any atom is 0.0700 e. The molecule has 4 nitrogen and oxygen atoms in total. The fourth-order valence-corrected chi connectivity index (χ4v) is 1.43. The highest BCUT2D eigenvalue weighted by Gasteiger charge is 2.21. The first-order valence-corrected chi connectivity index (χ1v) is 7.16. The van der Waals surface area contributed by atoms with Gasteiger partial charge in [-0.15, -0.1) is 0 Å². The topological polar surface area (TPSA) is 39.7 Å². The standard InChI is InChI=1S/C15H33NO3/c1-14(2,3)16-12-15(4,5)13-19-11-10-18-9-7-8-17-6/h16H,7-13H2,1-6H3. The molecular weight excluding hydrogens is 242 g/mol. The second-order valence-corrected chi connectivity index (χ2v) is 6.78. The van der Waals surface area contributed by atoms with Gasteiger partial charge < -0.3 is 19.5 Å². The fourth-order valence-electron chi connectivity index (χ4n) is 1.43. The van der Waals surface area contributed by atoms with Gasteiger partial charge >= 0.3 is 0 Å². The number of hydrogen-bond donors (Lipinski definition) is 1. The molecule has 0 bridgehead atoms. The molecule has 0 fully saturated rings. The third-order valence-corrected chi connectivity index (χ3v) is 2.60. The Morgan fingerprint density at radius 1 is 0.842 bits per heavy atom. The van der Waals surface area contributed by atoms with Crippen LogP contribution in [0.25, 0.3) is 0 Å². The minimum absolute atomic E-state index is 0.142. The molecule has 19 heavy (non-hydrogen) atoms. The Balaban J connectivity index is 3.48. The zero-order chi connectivity index (χ0) is 14.8. The molecule has 0 aromatic rings. The fraction of sp³-hybridized carbons (Fsp3) is 1.00. The Bertz CT molecular complexity index is 212.